The smallest absolute Gasteiger partial charge is 0.261 e. The van der Waals surface area contributed by atoms with Gasteiger partial charge in [-0.3, -0.25) is 9.36 Å². The minimum Gasteiger partial charge on any atom is -0.497 e. The minimum atomic E-state index is -0.349. The highest BCUT2D eigenvalue weighted by Gasteiger charge is 2.56. The molecule has 2 bridgehead atoms. The Morgan fingerprint density at radius 2 is 1.88 bits per heavy atom. The standard InChI is InChI=1S/C38H44ClFN6O2/c1-24-30-19-26(38(30,2)3)20-33(24)43-37(45-17-15-44(16-18-45)35-8-6-5-7-31(35)39)42-27-10-12-29-34(21-27)41-23-46(36(29)47)14-13-25-9-11-28(48-4)22-32(25)40/h5-12,21-24,26,30,33H,13-20H2,1-4H3,(H,42,43). The average Bonchev–Trinajstić information content (AvgIpc) is 3.09. The molecule has 4 aliphatic rings. The van der Waals surface area contributed by atoms with E-state index in [2.05, 4.69) is 46.9 Å². The van der Waals surface area contributed by atoms with Crippen molar-refractivity contribution < 1.29 is 9.13 Å². The van der Waals surface area contributed by atoms with Crippen molar-refractivity contribution in [3.8, 4) is 5.75 Å². The van der Waals surface area contributed by atoms with Crippen LogP contribution in [0.2, 0.25) is 5.02 Å². The summed E-state index contributed by atoms with van der Waals surface area (Å²) in [4.78, 5) is 28.2. The monoisotopic (exact) mass is 670 g/mol. The molecule has 8 rings (SSSR count). The summed E-state index contributed by atoms with van der Waals surface area (Å²) in [5.74, 6) is 2.90. The van der Waals surface area contributed by atoms with Gasteiger partial charge >= 0.3 is 0 Å². The number of aromatic nitrogens is 2. The number of methoxy groups -OCH3 is 1. The maximum atomic E-state index is 14.5. The molecule has 4 fully saturated rings. The van der Waals surface area contributed by atoms with Crippen LogP contribution in [0.1, 0.15) is 39.2 Å². The lowest BCUT2D eigenvalue weighted by atomic mass is 9.45. The molecular weight excluding hydrogens is 627 g/mol. The number of piperazine rings is 1. The number of nitrogens with one attached hydrogen (secondary N) is 1. The highest BCUT2D eigenvalue weighted by Crippen LogP contribution is 2.61. The SMILES string of the molecule is COc1ccc(CCn2cnc3cc(NC(=NC4CC5CC(C4C)C5(C)C)N4CCN(c5ccccc5Cl)CC4)ccc3c2=O)c(F)c1. The summed E-state index contributed by atoms with van der Waals surface area (Å²) in [5, 5.41) is 4.94. The fourth-order valence-electron chi connectivity index (χ4n) is 8.13. The van der Waals surface area contributed by atoms with E-state index >= 15 is 0 Å². The van der Waals surface area contributed by atoms with Crippen molar-refractivity contribution in [3.05, 3.63) is 93.7 Å². The normalized spacial score (nSPS) is 23.6. The number of anilines is 2. The Morgan fingerprint density at radius 3 is 2.58 bits per heavy atom. The molecule has 1 aliphatic heterocycles. The molecular formula is C38H44ClFN6O2. The predicted octanol–water partition coefficient (Wildman–Crippen LogP) is 7.10. The van der Waals surface area contributed by atoms with Gasteiger partial charge in [0.1, 0.15) is 11.6 Å². The molecule has 4 unspecified atom stereocenters. The van der Waals surface area contributed by atoms with Crippen molar-refractivity contribution >= 4 is 39.8 Å². The number of hydrogen-bond acceptors (Lipinski definition) is 5. The molecule has 0 amide bonds. The fourth-order valence-corrected chi connectivity index (χ4v) is 8.39. The first-order valence-electron chi connectivity index (χ1n) is 17.0. The van der Waals surface area contributed by atoms with Crippen LogP contribution in [0.3, 0.4) is 0 Å². The first-order valence-corrected chi connectivity index (χ1v) is 17.4. The van der Waals surface area contributed by atoms with E-state index in [0.717, 1.165) is 55.0 Å². The van der Waals surface area contributed by atoms with E-state index < -0.39 is 0 Å². The summed E-state index contributed by atoms with van der Waals surface area (Å²) >= 11 is 6.54. The number of rotatable bonds is 7. The van der Waals surface area contributed by atoms with Crippen molar-refractivity contribution in [1.82, 2.24) is 14.5 Å². The summed E-state index contributed by atoms with van der Waals surface area (Å²) in [6.45, 7) is 10.8. The van der Waals surface area contributed by atoms with Crippen LogP contribution < -0.4 is 20.5 Å². The van der Waals surface area contributed by atoms with E-state index in [4.69, 9.17) is 21.3 Å². The minimum absolute atomic E-state index is 0.150. The lowest BCUT2D eigenvalue weighted by Gasteiger charge is -2.61. The maximum Gasteiger partial charge on any atom is 0.261 e. The Balaban J connectivity index is 1.11. The van der Waals surface area contributed by atoms with Gasteiger partial charge in [0, 0.05) is 44.5 Å². The number of halogens is 2. The lowest BCUT2D eigenvalue weighted by molar-refractivity contribution is -0.108. The largest absolute Gasteiger partial charge is 0.497 e. The number of benzene rings is 3. The van der Waals surface area contributed by atoms with Crippen molar-refractivity contribution in [2.24, 2.45) is 28.2 Å². The van der Waals surface area contributed by atoms with Crippen molar-refractivity contribution in [1.29, 1.82) is 0 Å². The molecule has 0 radical (unpaired) electrons. The molecule has 48 heavy (non-hydrogen) atoms. The van der Waals surface area contributed by atoms with Crippen LogP contribution >= 0.6 is 11.6 Å². The molecule has 10 heteroatoms. The number of fused-ring (bicyclic) bond motifs is 3. The number of ether oxygens (including phenoxy) is 1. The van der Waals surface area contributed by atoms with Gasteiger partial charge in [-0.15, -0.1) is 0 Å². The molecule has 3 saturated carbocycles. The number of aryl methyl sites for hydroxylation is 2. The Kier molecular flexibility index (Phi) is 8.83. The molecule has 1 N–H and O–H groups in total. The second-order valence-corrected chi connectivity index (χ2v) is 14.6. The zero-order valence-corrected chi connectivity index (χ0v) is 28.9. The maximum absolute atomic E-state index is 14.5. The molecule has 4 atom stereocenters. The molecule has 8 nitrogen and oxygen atoms in total. The first-order chi connectivity index (χ1) is 23.1. The van der Waals surface area contributed by atoms with E-state index in [1.807, 2.05) is 36.4 Å². The zero-order valence-electron chi connectivity index (χ0n) is 28.1. The topological polar surface area (TPSA) is 75.0 Å². The predicted molar refractivity (Wildman–Crippen MR) is 192 cm³/mol. The van der Waals surface area contributed by atoms with E-state index in [-0.39, 0.29) is 17.4 Å². The van der Waals surface area contributed by atoms with E-state index in [1.165, 1.54) is 19.6 Å². The van der Waals surface area contributed by atoms with Crippen LogP contribution in [0.5, 0.6) is 5.75 Å². The van der Waals surface area contributed by atoms with Crippen LogP contribution in [0.4, 0.5) is 15.8 Å². The highest BCUT2D eigenvalue weighted by atomic mass is 35.5. The summed E-state index contributed by atoms with van der Waals surface area (Å²) in [5.41, 5.74) is 3.27. The molecule has 1 aromatic heterocycles. The molecule has 3 aliphatic carbocycles. The number of aliphatic imine (C=N–C) groups is 1. The molecule has 252 valence electrons. The van der Waals surface area contributed by atoms with Crippen LogP contribution in [-0.2, 0) is 13.0 Å². The van der Waals surface area contributed by atoms with Gasteiger partial charge in [0.05, 0.1) is 41.1 Å². The number of hydrogen-bond donors (Lipinski definition) is 1. The second-order valence-electron chi connectivity index (χ2n) is 14.2. The van der Waals surface area contributed by atoms with Gasteiger partial charge in [-0.05, 0) is 84.4 Å². The molecule has 3 aromatic carbocycles. The quantitative estimate of drug-likeness (QED) is 0.167. The van der Waals surface area contributed by atoms with Crippen LogP contribution in [0, 0.1) is 29.0 Å². The molecule has 1 saturated heterocycles. The van der Waals surface area contributed by atoms with Crippen LogP contribution in [-0.4, -0.2) is 59.7 Å². The Labute approximate surface area is 286 Å². The van der Waals surface area contributed by atoms with Crippen molar-refractivity contribution in [2.45, 2.75) is 52.6 Å². The van der Waals surface area contributed by atoms with E-state index in [1.54, 1.807) is 23.0 Å². The van der Waals surface area contributed by atoms with Gasteiger partial charge in [-0.2, -0.15) is 0 Å². The van der Waals surface area contributed by atoms with Gasteiger partial charge in [0.25, 0.3) is 5.56 Å². The zero-order chi connectivity index (χ0) is 33.6. The Bertz CT molecular complexity index is 1900. The lowest BCUT2D eigenvalue weighted by Crippen LogP contribution is -2.57. The second kappa shape index (κ2) is 13.1. The first kappa shape index (κ1) is 32.4. The Hall–Kier alpha value is -4.11. The third-order valence-corrected chi connectivity index (χ3v) is 11.7. The van der Waals surface area contributed by atoms with Gasteiger partial charge in [-0.1, -0.05) is 50.6 Å². The third kappa shape index (κ3) is 6.13. The van der Waals surface area contributed by atoms with Gasteiger partial charge in [0.15, 0.2) is 5.96 Å². The average molecular weight is 671 g/mol. The number of para-hydroxylation sites is 1. The number of guanidine groups is 1. The molecule has 2 heterocycles. The summed E-state index contributed by atoms with van der Waals surface area (Å²) in [6, 6.07) is 18.7. The van der Waals surface area contributed by atoms with Crippen LogP contribution in [0.25, 0.3) is 10.9 Å². The summed E-state index contributed by atoms with van der Waals surface area (Å²) < 4.78 is 21.1. The van der Waals surface area contributed by atoms with Gasteiger partial charge < -0.3 is 19.9 Å². The van der Waals surface area contributed by atoms with Crippen molar-refractivity contribution in [2.75, 3.05) is 43.5 Å². The van der Waals surface area contributed by atoms with E-state index in [9.17, 15) is 9.18 Å². The van der Waals surface area contributed by atoms with Crippen LogP contribution in [0.15, 0.2) is 76.8 Å². The fraction of sp³-hybridized carbons (Fsp3) is 0.447. The highest BCUT2D eigenvalue weighted by molar-refractivity contribution is 6.33. The summed E-state index contributed by atoms with van der Waals surface area (Å²) in [7, 11) is 1.51. The third-order valence-electron chi connectivity index (χ3n) is 11.3. The molecule has 0 spiro atoms. The van der Waals surface area contributed by atoms with Gasteiger partial charge in [-0.25, -0.2) is 14.4 Å². The number of nitrogens with zero attached hydrogens (tertiary/aromatic N) is 5. The summed E-state index contributed by atoms with van der Waals surface area (Å²) in [6.07, 6.45) is 4.33. The molecule has 4 aromatic rings. The van der Waals surface area contributed by atoms with Gasteiger partial charge in [0.2, 0.25) is 0 Å². The Morgan fingerprint density at radius 1 is 1.08 bits per heavy atom. The van der Waals surface area contributed by atoms with Crippen molar-refractivity contribution in [3.63, 3.8) is 0 Å². The van der Waals surface area contributed by atoms with E-state index in [0.29, 0.717) is 58.4 Å².